The molecule has 1 saturated heterocycles. The van der Waals surface area contributed by atoms with E-state index in [1.165, 1.54) is 0 Å². The first-order valence-corrected chi connectivity index (χ1v) is 10.7. The summed E-state index contributed by atoms with van der Waals surface area (Å²) in [6.45, 7) is 5.20. The molecule has 0 radical (unpaired) electrons. The van der Waals surface area contributed by atoms with Crippen molar-refractivity contribution in [2.45, 2.75) is 32.4 Å². The Hall–Kier alpha value is -2.02. The van der Waals surface area contributed by atoms with Crippen LogP contribution in [0.2, 0.25) is 5.02 Å². The fourth-order valence-electron chi connectivity index (χ4n) is 3.83. The number of nitrogens with one attached hydrogen (secondary N) is 1. The van der Waals surface area contributed by atoms with Gasteiger partial charge in [0.2, 0.25) is 6.79 Å². The zero-order valence-electron chi connectivity index (χ0n) is 16.8. The summed E-state index contributed by atoms with van der Waals surface area (Å²) in [6.07, 6.45) is 2.16. The number of thiocarbonyl (C=S) groups is 1. The lowest BCUT2D eigenvalue weighted by Gasteiger charge is -2.39. The van der Waals surface area contributed by atoms with Gasteiger partial charge in [-0.05, 0) is 87.5 Å². The maximum Gasteiger partial charge on any atom is 0.231 e. The summed E-state index contributed by atoms with van der Waals surface area (Å²) in [5.74, 6) is 1.60. The molecule has 0 aliphatic carbocycles. The lowest BCUT2D eigenvalue weighted by Crippen LogP contribution is -2.47. The van der Waals surface area contributed by atoms with Crippen LogP contribution in [0.3, 0.4) is 0 Å². The van der Waals surface area contributed by atoms with Gasteiger partial charge in [-0.1, -0.05) is 23.7 Å². The number of benzene rings is 2. The molecule has 0 bridgehead atoms. The predicted octanol–water partition coefficient (Wildman–Crippen LogP) is 4.67. The Kier molecular flexibility index (Phi) is 6.13. The third-order valence-electron chi connectivity index (χ3n) is 5.62. The smallest absolute Gasteiger partial charge is 0.231 e. The van der Waals surface area contributed by atoms with E-state index in [4.69, 9.17) is 33.3 Å². The zero-order valence-corrected chi connectivity index (χ0v) is 18.4. The number of fused-ring (bicyclic) bond motifs is 1. The lowest BCUT2D eigenvalue weighted by atomic mass is 10.0. The highest BCUT2D eigenvalue weighted by atomic mass is 35.5. The molecule has 1 fully saturated rings. The van der Waals surface area contributed by atoms with Gasteiger partial charge in [-0.3, -0.25) is 0 Å². The maximum absolute atomic E-state index is 6.20. The molecule has 0 unspecified atom stereocenters. The van der Waals surface area contributed by atoms with Crippen LogP contribution in [-0.4, -0.2) is 47.9 Å². The van der Waals surface area contributed by atoms with Crippen molar-refractivity contribution in [1.29, 1.82) is 0 Å². The number of hydrogen-bond donors (Lipinski definition) is 1. The van der Waals surface area contributed by atoms with Crippen LogP contribution in [0, 0.1) is 6.92 Å². The Bertz CT molecular complexity index is 900. The molecular formula is C22H26ClN3O2S. The van der Waals surface area contributed by atoms with E-state index in [2.05, 4.69) is 41.2 Å². The second kappa shape index (κ2) is 8.78. The van der Waals surface area contributed by atoms with Crippen molar-refractivity contribution in [3.63, 3.8) is 0 Å². The van der Waals surface area contributed by atoms with Crippen LogP contribution in [0.4, 0.5) is 5.69 Å². The van der Waals surface area contributed by atoms with E-state index in [0.717, 1.165) is 65.9 Å². The summed E-state index contributed by atoms with van der Waals surface area (Å²) in [6, 6.07) is 12.3. The molecule has 5 nitrogen and oxygen atoms in total. The van der Waals surface area contributed by atoms with Crippen molar-refractivity contribution in [3.8, 4) is 11.5 Å². The number of hydrogen-bond acceptors (Lipinski definition) is 4. The molecule has 0 aromatic heterocycles. The number of nitrogens with zero attached hydrogens (tertiary/aromatic N) is 2. The van der Waals surface area contributed by atoms with Gasteiger partial charge in [-0.15, -0.1) is 0 Å². The summed E-state index contributed by atoms with van der Waals surface area (Å²) in [5, 5.41) is 4.86. The molecule has 29 heavy (non-hydrogen) atoms. The first-order chi connectivity index (χ1) is 14.0. The third-order valence-corrected chi connectivity index (χ3v) is 6.19. The van der Waals surface area contributed by atoms with Crippen LogP contribution in [0.5, 0.6) is 11.5 Å². The van der Waals surface area contributed by atoms with E-state index in [9.17, 15) is 0 Å². The van der Waals surface area contributed by atoms with Gasteiger partial charge < -0.3 is 24.6 Å². The Morgan fingerprint density at radius 2 is 1.93 bits per heavy atom. The highest BCUT2D eigenvalue weighted by Gasteiger charge is 2.26. The molecule has 0 spiro atoms. The minimum absolute atomic E-state index is 0.283. The average molecular weight is 432 g/mol. The minimum Gasteiger partial charge on any atom is -0.454 e. The molecule has 4 rings (SSSR count). The number of aryl methyl sites for hydroxylation is 1. The topological polar surface area (TPSA) is 37.0 Å². The molecule has 2 heterocycles. The van der Waals surface area contributed by atoms with Crippen molar-refractivity contribution in [3.05, 3.63) is 52.5 Å². The average Bonchev–Trinajstić information content (AvgIpc) is 3.17. The molecule has 0 atom stereocenters. The number of likely N-dealkylation sites (tertiary alicyclic amines) is 1. The minimum atomic E-state index is 0.283. The van der Waals surface area contributed by atoms with Crippen molar-refractivity contribution in [2.75, 3.05) is 32.2 Å². The van der Waals surface area contributed by atoms with Crippen molar-refractivity contribution >= 4 is 34.6 Å². The van der Waals surface area contributed by atoms with Crippen LogP contribution in [0.1, 0.15) is 24.0 Å². The van der Waals surface area contributed by atoms with Gasteiger partial charge in [0.15, 0.2) is 16.6 Å². The number of rotatable bonds is 4. The number of piperidine rings is 1. The van der Waals surface area contributed by atoms with Crippen LogP contribution >= 0.6 is 23.8 Å². The first kappa shape index (κ1) is 20.3. The fraction of sp³-hybridized carbons (Fsp3) is 0.409. The van der Waals surface area contributed by atoms with Gasteiger partial charge in [-0.2, -0.15) is 0 Å². The van der Waals surface area contributed by atoms with Crippen molar-refractivity contribution in [1.82, 2.24) is 9.80 Å². The molecule has 0 saturated carbocycles. The van der Waals surface area contributed by atoms with Gasteiger partial charge in [0.1, 0.15) is 0 Å². The summed E-state index contributed by atoms with van der Waals surface area (Å²) in [7, 11) is 2.17. The van der Waals surface area contributed by atoms with Gasteiger partial charge >= 0.3 is 0 Å². The van der Waals surface area contributed by atoms with Crippen molar-refractivity contribution < 1.29 is 9.47 Å². The van der Waals surface area contributed by atoms with Gasteiger partial charge in [-0.25, -0.2) is 0 Å². The normalized spacial score (nSPS) is 16.7. The molecule has 2 aliphatic heterocycles. The molecular weight excluding hydrogens is 406 g/mol. The molecule has 154 valence electrons. The Balaban J connectivity index is 1.56. The first-order valence-electron chi connectivity index (χ1n) is 9.90. The monoisotopic (exact) mass is 431 g/mol. The Morgan fingerprint density at radius 3 is 2.72 bits per heavy atom. The summed E-state index contributed by atoms with van der Waals surface area (Å²) < 4.78 is 11.0. The predicted molar refractivity (Wildman–Crippen MR) is 121 cm³/mol. The number of ether oxygens (including phenoxy) is 2. The van der Waals surface area contributed by atoms with E-state index >= 15 is 0 Å². The standard InChI is InChI=1S/C22H26ClN3O2S/c1-15-3-5-17(23)12-19(15)24-22(29)26(18-7-9-25(2)10-8-18)13-16-4-6-20-21(11-16)28-14-27-20/h3-6,11-12,18H,7-10,13-14H2,1-2H3,(H,24,29). The second-order valence-electron chi connectivity index (χ2n) is 7.74. The quantitative estimate of drug-likeness (QED) is 0.709. The number of anilines is 1. The van der Waals surface area contributed by atoms with E-state index in [1.54, 1.807) is 0 Å². The number of halogens is 1. The van der Waals surface area contributed by atoms with Crippen LogP contribution in [-0.2, 0) is 6.54 Å². The zero-order chi connectivity index (χ0) is 20.4. The van der Waals surface area contributed by atoms with Crippen LogP contribution in [0.25, 0.3) is 0 Å². The molecule has 0 amide bonds. The van der Waals surface area contributed by atoms with E-state index in [1.807, 2.05) is 24.3 Å². The molecule has 2 aromatic rings. The second-order valence-corrected chi connectivity index (χ2v) is 8.56. The van der Waals surface area contributed by atoms with Crippen molar-refractivity contribution in [2.24, 2.45) is 0 Å². The highest BCUT2D eigenvalue weighted by Crippen LogP contribution is 2.33. The highest BCUT2D eigenvalue weighted by molar-refractivity contribution is 7.80. The maximum atomic E-state index is 6.20. The van der Waals surface area contributed by atoms with Gasteiger partial charge in [0.25, 0.3) is 0 Å². The summed E-state index contributed by atoms with van der Waals surface area (Å²) in [4.78, 5) is 4.67. The lowest BCUT2D eigenvalue weighted by molar-refractivity contribution is 0.172. The summed E-state index contributed by atoms with van der Waals surface area (Å²) >= 11 is 12.1. The summed E-state index contributed by atoms with van der Waals surface area (Å²) in [5.41, 5.74) is 3.22. The van der Waals surface area contributed by atoms with Gasteiger partial charge in [0.05, 0.1) is 0 Å². The molecule has 2 aromatic carbocycles. The van der Waals surface area contributed by atoms with Crippen LogP contribution in [0.15, 0.2) is 36.4 Å². The van der Waals surface area contributed by atoms with Crippen LogP contribution < -0.4 is 14.8 Å². The Labute approximate surface area is 182 Å². The van der Waals surface area contributed by atoms with E-state index in [0.29, 0.717) is 11.1 Å². The SMILES string of the molecule is Cc1ccc(Cl)cc1NC(=S)N(Cc1ccc2c(c1)OCO2)C1CCN(C)CC1. The van der Waals surface area contributed by atoms with E-state index < -0.39 is 0 Å². The van der Waals surface area contributed by atoms with Gasteiger partial charge in [0, 0.05) is 23.3 Å². The third kappa shape index (κ3) is 4.77. The fourth-order valence-corrected chi connectivity index (χ4v) is 4.32. The largest absolute Gasteiger partial charge is 0.454 e. The molecule has 1 N–H and O–H groups in total. The molecule has 7 heteroatoms. The van der Waals surface area contributed by atoms with E-state index in [-0.39, 0.29) is 6.79 Å². The molecule has 2 aliphatic rings. The Morgan fingerprint density at radius 1 is 1.17 bits per heavy atom.